The number of hydrogen-bond donors (Lipinski definition) is 1. The van der Waals surface area contributed by atoms with Crippen molar-refractivity contribution < 1.29 is 9.90 Å². The summed E-state index contributed by atoms with van der Waals surface area (Å²) in [4.78, 5) is 27.8. The lowest BCUT2D eigenvalue weighted by Crippen LogP contribution is -2.49. The number of nitrogens with zero attached hydrogens (tertiary/aromatic N) is 4. The first kappa shape index (κ1) is 17.3. The molecule has 0 saturated carbocycles. The molecule has 0 spiro atoms. The lowest BCUT2D eigenvalue weighted by Gasteiger charge is -2.35. The van der Waals surface area contributed by atoms with Crippen LogP contribution in [0.1, 0.15) is 22.2 Å². The maximum atomic E-state index is 12.5. The highest BCUT2D eigenvalue weighted by Crippen LogP contribution is 2.15. The van der Waals surface area contributed by atoms with Gasteiger partial charge in [0, 0.05) is 45.8 Å². The third-order valence-corrected chi connectivity index (χ3v) is 4.45. The molecule has 2 heterocycles. The van der Waals surface area contributed by atoms with E-state index in [1.54, 1.807) is 4.90 Å². The van der Waals surface area contributed by atoms with Gasteiger partial charge in [-0.25, -0.2) is 4.68 Å². The largest absolute Gasteiger partial charge is 0.387 e. The molecule has 1 saturated heterocycles. The Morgan fingerprint density at radius 2 is 1.80 bits per heavy atom. The van der Waals surface area contributed by atoms with Gasteiger partial charge in [-0.3, -0.25) is 14.5 Å². The number of piperazine rings is 1. The molecule has 0 bridgehead atoms. The number of rotatable bonds is 4. The summed E-state index contributed by atoms with van der Waals surface area (Å²) in [6, 6.07) is 12.4. The normalized spacial score (nSPS) is 16.6. The molecule has 2 aromatic rings. The second-order valence-corrected chi connectivity index (χ2v) is 6.20. The van der Waals surface area contributed by atoms with Crippen molar-refractivity contribution in [3.63, 3.8) is 0 Å². The second-order valence-electron chi connectivity index (χ2n) is 6.20. The summed E-state index contributed by atoms with van der Waals surface area (Å²) in [7, 11) is 1.53. The number of aliphatic hydroxyl groups is 1. The van der Waals surface area contributed by atoms with E-state index in [9.17, 15) is 14.7 Å². The molecule has 1 aliphatic heterocycles. The summed E-state index contributed by atoms with van der Waals surface area (Å²) < 4.78 is 1.17. The maximum absolute atomic E-state index is 12.5. The number of aryl methyl sites for hydroxylation is 1. The van der Waals surface area contributed by atoms with Gasteiger partial charge in [0.25, 0.3) is 11.5 Å². The van der Waals surface area contributed by atoms with Crippen LogP contribution in [-0.4, -0.2) is 63.3 Å². The summed E-state index contributed by atoms with van der Waals surface area (Å²) >= 11 is 0. The number of aromatic nitrogens is 2. The van der Waals surface area contributed by atoms with Crippen LogP contribution < -0.4 is 5.56 Å². The van der Waals surface area contributed by atoms with Crippen molar-refractivity contribution in [1.82, 2.24) is 19.6 Å². The molecule has 1 atom stereocenters. The fourth-order valence-electron chi connectivity index (χ4n) is 2.94. The Bertz CT molecular complexity index is 782. The lowest BCUT2D eigenvalue weighted by molar-refractivity contribution is 0.0521. The van der Waals surface area contributed by atoms with Crippen molar-refractivity contribution in [2.75, 3.05) is 32.7 Å². The summed E-state index contributed by atoms with van der Waals surface area (Å²) in [5, 5.41) is 14.3. The maximum Gasteiger partial charge on any atom is 0.274 e. The minimum absolute atomic E-state index is 0.168. The van der Waals surface area contributed by atoms with E-state index >= 15 is 0 Å². The molecule has 1 aromatic heterocycles. The minimum atomic E-state index is -0.534. The highest BCUT2D eigenvalue weighted by atomic mass is 16.3. The van der Waals surface area contributed by atoms with Gasteiger partial charge in [-0.05, 0) is 11.6 Å². The number of aliphatic hydroxyl groups excluding tert-OH is 1. The van der Waals surface area contributed by atoms with Gasteiger partial charge in [0.05, 0.1) is 6.10 Å². The van der Waals surface area contributed by atoms with Crippen LogP contribution in [0.2, 0.25) is 0 Å². The smallest absolute Gasteiger partial charge is 0.274 e. The van der Waals surface area contributed by atoms with Crippen LogP contribution in [0.25, 0.3) is 0 Å². The van der Waals surface area contributed by atoms with Gasteiger partial charge in [0.15, 0.2) is 0 Å². The van der Waals surface area contributed by atoms with E-state index in [1.807, 2.05) is 30.3 Å². The molecule has 7 nitrogen and oxygen atoms in total. The van der Waals surface area contributed by atoms with Crippen LogP contribution in [-0.2, 0) is 7.05 Å². The quantitative estimate of drug-likeness (QED) is 0.863. The number of carbonyl (C=O) groups is 1. The Labute approximate surface area is 146 Å². The topological polar surface area (TPSA) is 78.7 Å². The Morgan fingerprint density at radius 1 is 1.12 bits per heavy atom. The Balaban J connectivity index is 1.55. The van der Waals surface area contributed by atoms with Crippen LogP contribution in [0.15, 0.2) is 47.3 Å². The highest BCUT2D eigenvalue weighted by molar-refractivity contribution is 5.92. The van der Waals surface area contributed by atoms with Crippen LogP contribution in [0.3, 0.4) is 0 Å². The fraction of sp³-hybridized carbons (Fsp3) is 0.389. The van der Waals surface area contributed by atoms with Crippen molar-refractivity contribution in [2.45, 2.75) is 6.10 Å². The minimum Gasteiger partial charge on any atom is -0.387 e. The number of β-amino-alcohol motifs (C(OH)–C–C–N with tert-alkyl or cyclic N) is 1. The number of carbonyl (C=O) groups excluding carboxylic acids is 1. The molecule has 1 amide bonds. The zero-order valence-electron chi connectivity index (χ0n) is 14.2. The zero-order chi connectivity index (χ0) is 17.8. The monoisotopic (exact) mass is 342 g/mol. The summed E-state index contributed by atoms with van der Waals surface area (Å²) in [5.74, 6) is -0.168. The highest BCUT2D eigenvalue weighted by Gasteiger charge is 2.24. The van der Waals surface area contributed by atoms with Crippen molar-refractivity contribution in [3.8, 4) is 0 Å². The Kier molecular flexibility index (Phi) is 5.25. The van der Waals surface area contributed by atoms with E-state index in [0.29, 0.717) is 32.7 Å². The predicted octanol–water partition coefficient (Wildman–Crippen LogP) is 0.272. The van der Waals surface area contributed by atoms with Gasteiger partial charge in [-0.2, -0.15) is 5.10 Å². The molecule has 25 heavy (non-hydrogen) atoms. The van der Waals surface area contributed by atoms with Crippen molar-refractivity contribution in [2.24, 2.45) is 7.05 Å². The van der Waals surface area contributed by atoms with Crippen molar-refractivity contribution >= 4 is 5.91 Å². The average Bonchev–Trinajstić information content (AvgIpc) is 2.65. The van der Waals surface area contributed by atoms with Gasteiger partial charge in [-0.1, -0.05) is 30.3 Å². The van der Waals surface area contributed by atoms with E-state index in [1.165, 1.54) is 23.9 Å². The first-order valence-electron chi connectivity index (χ1n) is 8.33. The molecule has 0 unspecified atom stereocenters. The first-order chi connectivity index (χ1) is 12.0. The number of benzene rings is 1. The van der Waals surface area contributed by atoms with Gasteiger partial charge in [-0.15, -0.1) is 0 Å². The summed E-state index contributed by atoms with van der Waals surface area (Å²) in [6.07, 6.45) is -0.534. The van der Waals surface area contributed by atoms with E-state index in [4.69, 9.17) is 0 Å². The molecular weight excluding hydrogens is 320 g/mol. The van der Waals surface area contributed by atoms with Crippen molar-refractivity contribution in [1.29, 1.82) is 0 Å². The Hall–Kier alpha value is -2.51. The molecule has 0 radical (unpaired) electrons. The molecule has 1 aliphatic rings. The number of hydrogen-bond acceptors (Lipinski definition) is 5. The molecule has 1 aromatic carbocycles. The van der Waals surface area contributed by atoms with Crippen molar-refractivity contribution in [3.05, 3.63) is 64.1 Å². The Morgan fingerprint density at radius 3 is 2.44 bits per heavy atom. The summed E-state index contributed by atoms with van der Waals surface area (Å²) in [5.41, 5.74) is 0.937. The predicted molar refractivity (Wildman–Crippen MR) is 93.2 cm³/mol. The third-order valence-electron chi connectivity index (χ3n) is 4.45. The fourth-order valence-corrected chi connectivity index (χ4v) is 2.94. The molecule has 132 valence electrons. The molecule has 0 aliphatic carbocycles. The van der Waals surface area contributed by atoms with Crippen LogP contribution >= 0.6 is 0 Å². The second kappa shape index (κ2) is 7.58. The van der Waals surface area contributed by atoms with Crippen LogP contribution in [0, 0.1) is 0 Å². The van der Waals surface area contributed by atoms with Gasteiger partial charge in [0.2, 0.25) is 0 Å². The molecule has 7 heteroatoms. The lowest BCUT2D eigenvalue weighted by atomic mass is 10.1. The van der Waals surface area contributed by atoms with E-state index in [2.05, 4.69) is 10.00 Å². The molecule has 1 fully saturated rings. The SMILES string of the molecule is Cn1nc(C(=O)N2CCN(C[C@H](O)c3ccccc3)CC2)ccc1=O. The van der Waals surface area contributed by atoms with Crippen LogP contribution in [0.4, 0.5) is 0 Å². The van der Waals surface area contributed by atoms with Gasteiger partial charge in [0.1, 0.15) is 5.69 Å². The molecule has 3 rings (SSSR count). The van der Waals surface area contributed by atoms with Gasteiger partial charge < -0.3 is 10.0 Å². The van der Waals surface area contributed by atoms with Crippen LogP contribution in [0.5, 0.6) is 0 Å². The van der Waals surface area contributed by atoms with E-state index < -0.39 is 6.10 Å². The number of amides is 1. The zero-order valence-corrected chi connectivity index (χ0v) is 14.2. The molecular formula is C18H22N4O3. The third kappa shape index (κ3) is 4.12. The first-order valence-corrected chi connectivity index (χ1v) is 8.33. The van der Waals surface area contributed by atoms with E-state index in [0.717, 1.165) is 5.56 Å². The molecule has 1 N–H and O–H groups in total. The summed E-state index contributed by atoms with van der Waals surface area (Å²) in [6.45, 7) is 3.09. The average molecular weight is 342 g/mol. The van der Waals surface area contributed by atoms with Gasteiger partial charge >= 0.3 is 0 Å². The van der Waals surface area contributed by atoms with E-state index in [-0.39, 0.29) is 17.2 Å². The standard InChI is InChI=1S/C18H22N4O3/c1-20-17(24)8-7-15(19-20)18(25)22-11-9-21(10-12-22)13-16(23)14-5-3-2-4-6-14/h2-8,16,23H,9-13H2,1H3/t16-/m0/s1.